The number of hydrogen-bond acceptors (Lipinski definition) is 6. The number of aliphatic hydroxyl groups excluding tert-OH is 1. The number of likely N-dealkylation sites (tertiary alicyclic amines) is 1. The lowest BCUT2D eigenvalue weighted by Crippen LogP contribution is -2.29. The average Bonchev–Trinajstić information content (AvgIpc) is 3.37. The quantitative estimate of drug-likeness (QED) is 0.383. The van der Waals surface area contributed by atoms with Gasteiger partial charge >= 0.3 is 0 Å². The van der Waals surface area contributed by atoms with Crippen LogP contribution in [-0.4, -0.2) is 33.3 Å². The van der Waals surface area contributed by atoms with Crippen molar-refractivity contribution < 1.29 is 23.8 Å². The highest BCUT2D eigenvalue weighted by Gasteiger charge is 2.47. The van der Waals surface area contributed by atoms with Crippen molar-refractivity contribution in [2.24, 2.45) is 0 Å². The van der Waals surface area contributed by atoms with Gasteiger partial charge in [-0.2, -0.15) is 0 Å². The van der Waals surface area contributed by atoms with Crippen molar-refractivity contribution >= 4 is 17.4 Å². The first-order chi connectivity index (χ1) is 14.6. The van der Waals surface area contributed by atoms with Crippen LogP contribution in [0.5, 0.6) is 5.75 Å². The van der Waals surface area contributed by atoms with Gasteiger partial charge in [-0.05, 0) is 55.5 Å². The molecule has 7 heteroatoms. The third-order valence-corrected chi connectivity index (χ3v) is 4.85. The normalized spacial score (nSPS) is 18.0. The molecule has 1 aromatic carbocycles. The summed E-state index contributed by atoms with van der Waals surface area (Å²) in [5.41, 5.74) is 0.889. The number of amides is 1. The van der Waals surface area contributed by atoms with Gasteiger partial charge in [0, 0.05) is 11.8 Å². The van der Waals surface area contributed by atoms with Gasteiger partial charge in [0.05, 0.1) is 30.7 Å². The van der Waals surface area contributed by atoms with E-state index in [0.29, 0.717) is 29.4 Å². The molecule has 1 atom stereocenters. The Bertz CT molecular complexity index is 1070. The minimum absolute atomic E-state index is 0.00517. The van der Waals surface area contributed by atoms with E-state index in [1.807, 2.05) is 6.92 Å². The lowest BCUT2D eigenvalue weighted by atomic mass is 9.98. The van der Waals surface area contributed by atoms with Crippen molar-refractivity contribution in [3.63, 3.8) is 0 Å². The lowest BCUT2D eigenvalue weighted by molar-refractivity contribution is -0.140. The van der Waals surface area contributed by atoms with E-state index in [4.69, 9.17) is 9.15 Å². The van der Waals surface area contributed by atoms with Crippen LogP contribution in [0.2, 0.25) is 0 Å². The first-order valence-electron chi connectivity index (χ1n) is 9.55. The molecule has 30 heavy (non-hydrogen) atoms. The minimum Gasteiger partial charge on any atom is -0.507 e. The molecule has 1 unspecified atom stereocenters. The molecule has 0 bridgehead atoms. The standard InChI is InChI=1S/C23H20N2O5/c1-2-29-16-10-8-15(9-11-16)21(26)19-20(18-7-3-4-12-24-18)25(23(28)22(19)27)14-17-6-5-13-30-17/h3-13,20,26H,2,14H2,1H3/b21-19-. The van der Waals surface area contributed by atoms with Crippen molar-refractivity contribution in [3.05, 3.63) is 89.6 Å². The molecule has 0 aliphatic carbocycles. The number of Topliss-reactive ketones (excluding diaryl/α,β-unsaturated/α-hetero) is 1. The zero-order chi connectivity index (χ0) is 21.1. The van der Waals surface area contributed by atoms with Crippen molar-refractivity contribution in [2.45, 2.75) is 19.5 Å². The van der Waals surface area contributed by atoms with Crippen LogP contribution in [0.3, 0.4) is 0 Å². The molecule has 1 aliphatic rings. The number of aromatic nitrogens is 1. The van der Waals surface area contributed by atoms with Crippen LogP contribution in [0.4, 0.5) is 0 Å². The summed E-state index contributed by atoms with van der Waals surface area (Å²) in [7, 11) is 0. The van der Waals surface area contributed by atoms with E-state index >= 15 is 0 Å². The van der Waals surface area contributed by atoms with Gasteiger partial charge in [0.25, 0.3) is 11.7 Å². The highest BCUT2D eigenvalue weighted by atomic mass is 16.5. The summed E-state index contributed by atoms with van der Waals surface area (Å²) in [4.78, 5) is 31.5. The Morgan fingerprint density at radius 1 is 1.13 bits per heavy atom. The SMILES string of the molecule is CCOc1ccc(/C(O)=C2/C(=O)C(=O)N(Cc3ccco3)C2c2ccccn2)cc1. The molecule has 1 fully saturated rings. The molecule has 1 saturated heterocycles. The van der Waals surface area contributed by atoms with Gasteiger partial charge in [0.2, 0.25) is 0 Å². The molecule has 1 aliphatic heterocycles. The van der Waals surface area contributed by atoms with Gasteiger partial charge in [-0.25, -0.2) is 0 Å². The Labute approximate surface area is 173 Å². The van der Waals surface area contributed by atoms with Crippen LogP contribution < -0.4 is 4.74 Å². The number of furan rings is 1. The Morgan fingerprint density at radius 3 is 2.57 bits per heavy atom. The van der Waals surface area contributed by atoms with Crippen molar-refractivity contribution in [2.75, 3.05) is 6.61 Å². The average molecular weight is 404 g/mol. The summed E-state index contributed by atoms with van der Waals surface area (Å²) < 4.78 is 10.8. The maximum absolute atomic E-state index is 12.9. The molecule has 152 valence electrons. The molecular formula is C23H20N2O5. The number of ketones is 1. The molecule has 1 amide bonds. The summed E-state index contributed by atoms with van der Waals surface area (Å²) in [6, 6.07) is 14.5. The second-order valence-electron chi connectivity index (χ2n) is 6.72. The number of aliphatic hydroxyl groups is 1. The van der Waals surface area contributed by atoms with Crippen LogP contribution in [0.15, 0.2) is 77.0 Å². The fourth-order valence-corrected chi connectivity index (χ4v) is 3.49. The van der Waals surface area contributed by atoms with E-state index in [9.17, 15) is 14.7 Å². The molecule has 3 aromatic rings. The highest BCUT2D eigenvalue weighted by Crippen LogP contribution is 2.39. The molecule has 0 spiro atoms. The summed E-state index contributed by atoms with van der Waals surface area (Å²) in [5.74, 6) is -0.556. The monoisotopic (exact) mass is 404 g/mol. The van der Waals surface area contributed by atoms with E-state index in [-0.39, 0.29) is 17.9 Å². The molecule has 0 saturated carbocycles. The topological polar surface area (TPSA) is 92.9 Å². The number of hydrogen-bond donors (Lipinski definition) is 1. The first-order valence-corrected chi connectivity index (χ1v) is 9.55. The number of rotatable bonds is 6. The molecule has 7 nitrogen and oxygen atoms in total. The highest BCUT2D eigenvalue weighted by molar-refractivity contribution is 6.46. The van der Waals surface area contributed by atoms with Crippen molar-refractivity contribution in [1.82, 2.24) is 9.88 Å². The van der Waals surface area contributed by atoms with E-state index in [0.717, 1.165) is 0 Å². The minimum atomic E-state index is -0.831. The number of carbonyl (C=O) groups excluding carboxylic acids is 2. The summed E-state index contributed by atoms with van der Waals surface area (Å²) in [5, 5.41) is 11.0. The van der Waals surface area contributed by atoms with Crippen LogP contribution in [-0.2, 0) is 16.1 Å². The number of carbonyl (C=O) groups is 2. The summed E-state index contributed by atoms with van der Waals surface area (Å²) in [6.45, 7) is 2.48. The third-order valence-electron chi connectivity index (χ3n) is 4.85. The lowest BCUT2D eigenvalue weighted by Gasteiger charge is -2.23. The molecule has 2 aromatic heterocycles. The van der Waals surface area contributed by atoms with Crippen molar-refractivity contribution in [1.29, 1.82) is 0 Å². The molecule has 0 radical (unpaired) electrons. The van der Waals surface area contributed by atoms with Gasteiger partial charge in [-0.1, -0.05) is 6.07 Å². The zero-order valence-corrected chi connectivity index (χ0v) is 16.3. The van der Waals surface area contributed by atoms with Crippen LogP contribution in [0, 0.1) is 0 Å². The van der Waals surface area contributed by atoms with Gasteiger partial charge in [-0.15, -0.1) is 0 Å². The van der Waals surface area contributed by atoms with E-state index in [1.54, 1.807) is 60.8 Å². The van der Waals surface area contributed by atoms with Crippen LogP contribution in [0.1, 0.15) is 30.0 Å². The summed E-state index contributed by atoms with van der Waals surface area (Å²) in [6.07, 6.45) is 3.08. The Morgan fingerprint density at radius 2 is 1.93 bits per heavy atom. The van der Waals surface area contributed by atoms with Gasteiger partial charge in [0.15, 0.2) is 0 Å². The fourth-order valence-electron chi connectivity index (χ4n) is 3.49. The molecular weight excluding hydrogens is 384 g/mol. The second-order valence-corrected chi connectivity index (χ2v) is 6.72. The Kier molecular flexibility index (Phi) is 5.34. The van der Waals surface area contributed by atoms with Gasteiger partial charge in [-0.3, -0.25) is 14.6 Å². The summed E-state index contributed by atoms with van der Waals surface area (Å²) >= 11 is 0. The Hall–Kier alpha value is -3.87. The number of ether oxygens (including phenoxy) is 1. The smallest absolute Gasteiger partial charge is 0.296 e. The van der Waals surface area contributed by atoms with E-state index in [2.05, 4.69) is 4.98 Å². The number of pyridine rings is 1. The predicted octanol–water partition coefficient (Wildman–Crippen LogP) is 3.70. The van der Waals surface area contributed by atoms with E-state index < -0.39 is 17.7 Å². The predicted molar refractivity (Wildman–Crippen MR) is 108 cm³/mol. The number of nitrogens with zero attached hydrogens (tertiary/aromatic N) is 2. The third kappa shape index (κ3) is 3.57. The van der Waals surface area contributed by atoms with Crippen LogP contribution >= 0.6 is 0 Å². The van der Waals surface area contributed by atoms with Gasteiger partial charge in [0.1, 0.15) is 23.3 Å². The molecule has 4 rings (SSSR count). The zero-order valence-electron chi connectivity index (χ0n) is 16.3. The van der Waals surface area contributed by atoms with E-state index in [1.165, 1.54) is 11.2 Å². The largest absolute Gasteiger partial charge is 0.507 e. The van der Waals surface area contributed by atoms with Crippen LogP contribution in [0.25, 0.3) is 5.76 Å². The maximum atomic E-state index is 12.9. The first kappa shape index (κ1) is 19.4. The number of benzene rings is 1. The van der Waals surface area contributed by atoms with Gasteiger partial charge < -0.3 is 19.2 Å². The fraction of sp³-hybridized carbons (Fsp3) is 0.174. The van der Waals surface area contributed by atoms with Crippen molar-refractivity contribution in [3.8, 4) is 5.75 Å². The molecule has 1 N–H and O–H groups in total. The second kappa shape index (κ2) is 8.24. The molecule has 3 heterocycles. The Balaban J connectivity index is 1.80. The maximum Gasteiger partial charge on any atom is 0.296 e.